The number of nitrogens with zero attached hydrogens (tertiary/aromatic N) is 2. The number of aromatic nitrogens is 1. The molecule has 26 heavy (non-hydrogen) atoms. The Bertz CT molecular complexity index is 834. The first kappa shape index (κ1) is 18.4. The van der Waals surface area contributed by atoms with Crippen LogP contribution in [0.2, 0.25) is 0 Å². The van der Waals surface area contributed by atoms with Crippen LogP contribution in [-0.2, 0) is 9.59 Å². The summed E-state index contributed by atoms with van der Waals surface area (Å²) < 4.78 is 0.859. The summed E-state index contributed by atoms with van der Waals surface area (Å²) in [4.78, 5) is 40.1. The van der Waals surface area contributed by atoms with Crippen molar-refractivity contribution in [3.63, 3.8) is 0 Å². The summed E-state index contributed by atoms with van der Waals surface area (Å²) in [5.74, 6) is -0.771. The lowest BCUT2D eigenvalue weighted by Gasteiger charge is -2.25. The van der Waals surface area contributed by atoms with E-state index in [0.717, 1.165) is 10.0 Å². The Morgan fingerprint density at radius 3 is 2.69 bits per heavy atom. The third-order valence-corrected chi connectivity index (χ3v) is 5.55. The molecule has 1 fully saturated rings. The molecule has 0 spiro atoms. The number of pyridine rings is 1. The third-order valence-electron chi connectivity index (χ3n) is 3.64. The third kappa shape index (κ3) is 4.23. The van der Waals surface area contributed by atoms with Gasteiger partial charge in [-0.2, -0.15) is 0 Å². The van der Waals surface area contributed by atoms with Crippen molar-refractivity contribution in [1.82, 2.24) is 20.7 Å². The number of rotatable bonds is 5. The molecule has 2 aromatic rings. The van der Waals surface area contributed by atoms with Gasteiger partial charge in [0, 0.05) is 28.0 Å². The van der Waals surface area contributed by atoms with Crippen molar-refractivity contribution >= 4 is 45.4 Å². The molecule has 0 saturated carbocycles. The van der Waals surface area contributed by atoms with Crippen LogP contribution in [0.25, 0.3) is 0 Å². The highest BCUT2D eigenvalue weighted by Crippen LogP contribution is 2.40. The van der Waals surface area contributed by atoms with Gasteiger partial charge in [-0.25, -0.2) is 5.01 Å². The van der Waals surface area contributed by atoms with E-state index in [2.05, 4.69) is 31.7 Å². The first-order chi connectivity index (χ1) is 12.6. The molecule has 1 atom stereocenters. The zero-order valence-electron chi connectivity index (χ0n) is 13.5. The summed E-state index contributed by atoms with van der Waals surface area (Å²) in [5.41, 5.74) is 3.89. The monoisotopic (exact) mass is 434 g/mol. The second kappa shape index (κ2) is 8.33. The number of thioether (sulfide) groups is 1. The topological polar surface area (TPSA) is 91.4 Å². The molecule has 3 rings (SSSR count). The number of carbonyl (C=O) groups excluding carboxylic acids is 3. The molecule has 1 unspecified atom stereocenters. The molecular weight excluding hydrogens is 420 g/mol. The van der Waals surface area contributed by atoms with E-state index in [0.29, 0.717) is 5.56 Å². The predicted molar refractivity (Wildman–Crippen MR) is 101 cm³/mol. The Hall–Kier alpha value is -2.39. The second-order valence-corrected chi connectivity index (χ2v) is 7.33. The van der Waals surface area contributed by atoms with E-state index in [1.807, 2.05) is 24.3 Å². The van der Waals surface area contributed by atoms with E-state index in [1.165, 1.54) is 29.2 Å². The van der Waals surface area contributed by atoms with Crippen LogP contribution in [0.3, 0.4) is 0 Å². The van der Waals surface area contributed by atoms with Gasteiger partial charge in [-0.1, -0.05) is 34.1 Å². The van der Waals surface area contributed by atoms with E-state index in [4.69, 9.17) is 0 Å². The fraction of sp³-hybridized carbons (Fsp3) is 0.176. The summed E-state index contributed by atoms with van der Waals surface area (Å²) in [5, 5.41) is 3.51. The van der Waals surface area contributed by atoms with Gasteiger partial charge in [-0.15, -0.1) is 11.8 Å². The van der Waals surface area contributed by atoms with Crippen LogP contribution < -0.4 is 10.7 Å². The smallest absolute Gasteiger partial charge is 0.258 e. The van der Waals surface area contributed by atoms with Crippen molar-refractivity contribution in [1.29, 1.82) is 0 Å². The molecule has 1 aliphatic heterocycles. The average Bonchev–Trinajstić information content (AvgIpc) is 3.01. The summed E-state index contributed by atoms with van der Waals surface area (Å²) >= 11 is 4.90. The summed E-state index contributed by atoms with van der Waals surface area (Å²) in [6, 6.07) is 10.6. The molecule has 0 radical (unpaired) electrons. The lowest BCUT2D eigenvalue weighted by molar-refractivity contribution is -0.138. The number of hydrogen-bond donors (Lipinski definition) is 2. The molecule has 3 amide bonds. The highest BCUT2D eigenvalue weighted by molar-refractivity contribution is 9.10. The molecular formula is C17H15BrN4O3S. The number of hydrogen-bond acceptors (Lipinski definition) is 5. The maximum Gasteiger partial charge on any atom is 0.258 e. The number of nitrogens with one attached hydrogen (secondary N) is 2. The molecule has 9 heteroatoms. The Morgan fingerprint density at radius 1 is 1.23 bits per heavy atom. The molecule has 1 aromatic heterocycles. The minimum absolute atomic E-state index is 0.190. The highest BCUT2D eigenvalue weighted by Gasteiger charge is 2.35. The first-order valence-corrected chi connectivity index (χ1v) is 9.56. The number of benzene rings is 1. The quantitative estimate of drug-likeness (QED) is 0.749. The lowest BCUT2D eigenvalue weighted by atomic mass is 10.2. The van der Waals surface area contributed by atoms with E-state index in [1.54, 1.807) is 12.1 Å². The maximum absolute atomic E-state index is 12.2. The second-order valence-electron chi connectivity index (χ2n) is 5.40. The Labute approximate surface area is 162 Å². The highest BCUT2D eigenvalue weighted by atomic mass is 79.9. The number of carbonyl (C=O) groups is 3. The number of amides is 3. The van der Waals surface area contributed by atoms with Crippen molar-refractivity contribution in [2.45, 2.75) is 5.37 Å². The molecule has 2 N–H and O–H groups in total. The first-order valence-electron chi connectivity index (χ1n) is 7.72. The molecule has 0 aliphatic carbocycles. The van der Waals surface area contributed by atoms with Crippen LogP contribution in [0.15, 0.2) is 53.3 Å². The predicted octanol–water partition coefficient (Wildman–Crippen LogP) is 1.88. The molecule has 1 aliphatic rings. The van der Waals surface area contributed by atoms with Crippen molar-refractivity contribution in [2.75, 3.05) is 12.3 Å². The summed E-state index contributed by atoms with van der Waals surface area (Å²) in [7, 11) is 0. The summed E-state index contributed by atoms with van der Waals surface area (Å²) in [6.45, 7) is -0.238. The molecule has 1 saturated heterocycles. The van der Waals surface area contributed by atoms with Crippen molar-refractivity contribution in [2.24, 2.45) is 0 Å². The fourth-order valence-electron chi connectivity index (χ4n) is 2.39. The van der Waals surface area contributed by atoms with Crippen LogP contribution in [0.4, 0.5) is 0 Å². The van der Waals surface area contributed by atoms with Gasteiger partial charge in [0.1, 0.15) is 5.37 Å². The normalized spacial score (nSPS) is 16.4. The lowest BCUT2D eigenvalue weighted by Crippen LogP contribution is -2.48. The van der Waals surface area contributed by atoms with Crippen LogP contribution >= 0.6 is 27.7 Å². The zero-order chi connectivity index (χ0) is 18.5. The Morgan fingerprint density at radius 2 is 1.96 bits per heavy atom. The van der Waals surface area contributed by atoms with Gasteiger partial charge >= 0.3 is 0 Å². The van der Waals surface area contributed by atoms with Crippen molar-refractivity contribution < 1.29 is 14.4 Å². The molecule has 0 bridgehead atoms. The van der Waals surface area contributed by atoms with Gasteiger partial charge < -0.3 is 5.32 Å². The van der Waals surface area contributed by atoms with Crippen LogP contribution in [0, 0.1) is 0 Å². The van der Waals surface area contributed by atoms with Gasteiger partial charge in [0.15, 0.2) is 0 Å². The van der Waals surface area contributed by atoms with E-state index < -0.39 is 5.91 Å². The SMILES string of the molecule is O=C(CNC(=O)c1ccncc1)NN1C(=O)CSC1c1ccccc1Br. The molecule has 1 aromatic carbocycles. The summed E-state index contributed by atoms with van der Waals surface area (Å²) in [6.07, 6.45) is 2.99. The fourth-order valence-corrected chi connectivity index (χ4v) is 4.19. The molecule has 2 heterocycles. The minimum Gasteiger partial charge on any atom is -0.343 e. The van der Waals surface area contributed by atoms with Gasteiger partial charge in [0.2, 0.25) is 0 Å². The van der Waals surface area contributed by atoms with Crippen molar-refractivity contribution in [3.8, 4) is 0 Å². The number of halogens is 1. The van der Waals surface area contributed by atoms with Gasteiger partial charge in [-0.05, 0) is 18.2 Å². The van der Waals surface area contributed by atoms with E-state index >= 15 is 0 Å². The van der Waals surface area contributed by atoms with Gasteiger partial charge in [0.25, 0.3) is 17.7 Å². The molecule has 134 valence electrons. The average molecular weight is 435 g/mol. The molecule has 7 nitrogen and oxygen atoms in total. The van der Waals surface area contributed by atoms with Crippen LogP contribution in [0.5, 0.6) is 0 Å². The number of hydrazine groups is 1. The van der Waals surface area contributed by atoms with Crippen molar-refractivity contribution in [3.05, 3.63) is 64.4 Å². The standard InChI is InChI=1S/C17H15BrN4O3S/c18-13-4-2-1-3-12(13)17-22(15(24)10-26-17)21-14(23)9-20-16(25)11-5-7-19-8-6-11/h1-8,17H,9-10H2,(H,20,25)(H,21,23). The van der Waals surface area contributed by atoms with Gasteiger partial charge in [0.05, 0.1) is 12.3 Å². The zero-order valence-corrected chi connectivity index (χ0v) is 15.9. The largest absolute Gasteiger partial charge is 0.343 e. The van der Waals surface area contributed by atoms with E-state index in [-0.39, 0.29) is 29.5 Å². The Kier molecular flexibility index (Phi) is 5.89. The maximum atomic E-state index is 12.2. The minimum atomic E-state index is -0.472. The van der Waals surface area contributed by atoms with E-state index in [9.17, 15) is 14.4 Å². The van der Waals surface area contributed by atoms with Crippen LogP contribution in [-0.4, -0.2) is 40.0 Å². The van der Waals surface area contributed by atoms with Crippen LogP contribution in [0.1, 0.15) is 21.3 Å². The Balaban J connectivity index is 1.61. The van der Waals surface area contributed by atoms with Gasteiger partial charge in [-0.3, -0.25) is 24.8 Å².